The van der Waals surface area contributed by atoms with Gasteiger partial charge in [0.2, 0.25) is 0 Å². The average molecular weight is 393 g/mol. The van der Waals surface area contributed by atoms with Gasteiger partial charge < -0.3 is 20.3 Å². The molecule has 2 amide bonds. The Bertz CT molecular complexity index is 1050. The molecule has 0 saturated heterocycles. The quantitative estimate of drug-likeness (QED) is 0.308. The molecule has 3 aromatic rings. The number of hydrazone groups is 1. The number of primary amides is 1. The van der Waals surface area contributed by atoms with Crippen LogP contribution in [0.15, 0.2) is 71.8 Å². The van der Waals surface area contributed by atoms with Crippen LogP contribution in [0.2, 0.25) is 0 Å². The van der Waals surface area contributed by atoms with Crippen molar-refractivity contribution in [3.05, 3.63) is 72.3 Å². The van der Waals surface area contributed by atoms with Crippen LogP contribution < -0.4 is 20.6 Å². The fraction of sp³-hybridized carbons (Fsp3) is 0.0952. The molecule has 8 heteroatoms. The fourth-order valence-corrected chi connectivity index (χ4v) is 2.63. The molecule has 0 aliphatic carbocycles. The molecule has 0 aliphatic rings. The summed E-state index contributed by atoms with van der Waals surface area (Å²) < 4.78 is 11.3. The topological polar surface area (TPSA) is 123 Å². The molecule has 3 rings (SSSR count). The van der Waals surface area contributed by atoms with Crippen LogP contribution in [0.4, 0.5) is 4.79 Å². The van der Waals surface area contributed by atoms with Crippen molar-refractivity contribution >= 4 is 28.5 Å². The van der Waals surface area contributed by atoms with Crippen LogP contribution in [0.5, 0.6) is 11.5 Å². The Morgan fingerprint density at radius 2 is 1.52 bits per heavy atom. The van der Waals surface area contributed by atoms with Crippen molar-refractivity contribution in [2.75, 3.05) is 13.2 Å². The molecule has 0 saturated carbocycles. The van der Waals surface area contributed by atoms with Gasteiger partial charge in [0, 0.05) is 5.56 Å². The SMILES string of the molecule is NC(=O)N/N=C(/C(=O)O)c1ccc(OCCOc2ccc3ccccc3c2)cc1. The number of fused-ring (bicyclic) bond motifs is 1. The van der Waals surface area contributed by atoms with Gasteiger partial charge in [0.05, 0.1) is 0 Å². The first kappa shape index (κ1) is 19.7. The van der Waals surface area contributed by atoms with Crippen molar-refractivity contribution in [3.63, 3.8) is 0 Å². The number of urea groups is 1. The molecule has 148 valence electrons. The maximum atomic E-state index is 11.3. The summed E-state index contributed by atoms with van der Waals surface area (Å²) in [4.78, 5) is 22.0. The molecule has 4 N–H and O–H groups in total. The summed E-state index contributed by atoms with van der Waals surface area (Å²) in [6.07, 6.45) is 0. The summed E-state index contributed by atoms with van der Waals surface area (Å²) in [5.41, 5.74) is 6.76. The van der Waals surface area contributed by atoms with Crippen LogP contribution >= 0.6 is 0 Å². The zero-order valence-corrected chi connectivity index (χ0v) is 15.4. The molecule has 0 spiro atoms. The van der Waals surface area contributed by atoms with Gasteiger partial charge >= 0.3 is 12.0 Å². The van der Waals surface area contributed by atoms with E-state index >= 15 is 0 Å². The lowest BCUT2D eigenvalue weighted by Crippen LogP contribution is -2.28. The molecular formula is C21H19N3O5. The van der Waals surface area contributed by atoms with Crippen molar-refractivity contribution < 1.29 is 24.2 Å². The third kappa shape index (κ3) is 5.46. The first-order chi connectivity index (χ1) is 14.0. The summed E-state index contributed by atoms with van der Waals surface area (Å²) in [6, 6.07) is 19.2. The van der Waals surface area contributed by atoms with Gasteiger partial charge in [0.25, 0.3) is 0 Å². The number of nitrogens with two attached hydrogens (primary N) is 1. The number of carboxylic acid groups (broad SMARTS) is 1. The fourth-order valence-electron chi connectivity index (χ4n) is 2.63. The second kappa shape index (κ2) is 9.23. The Morgan fingerprint density at radius 1 is 0.897 bits per heavy atom. The lowest BCUT2D eigenvalue weighted by molar-refractivity contribution is -0.129. The number of hydrogen-bond acceptors (Lipinski definition) is 5. The Balaban J connectivity index is 1.53. The largest absolute Gasteiger partial charge is 0.490 e. The van der Waals surface area contributed by atoms with Gasteiger partial charge in [-0.3, -0.25) is 0 Å². The van der Waals surface area contributed by atoms with E-state index in [1.807, 2.05) is 47.9 Å². The molecule has 8 nitrogen and oxygen atoms in total. The molecular weight excluding hydrogens is 374 g/mol. The van der Waals surface area contributed by atoms with E-state index in [0.29, 0.717) is 24.5 Å². The molecule has 0 aromatic heterocycles. The highest BCUT2D eigenvalue weighted by atomic mass is 16.5. The predicted octanol–water partition coefficient (Wildman–Crippen LogP) is 2.75. The maximum absolute atomic E-state index is 11.3. The minimum atomic E-state index is -1.30. The Kier molecular flexibility index (Phi) is 6.26. The molecule has 0 bridgehead atoms. The molecule has 0 heterocycles. The number of rotatable bonds is 8. The third-order valence-electron chi connectivity index (χ3n) is 3.95. The van der Waals surface area contributed by atoms with E-state index < -0.39 is 12.0 Å². The molecule has 0 radical (unpaired) electrons. The van der Waals surface area contributed by atoms with Crippen LogP contribution in [0.1, 0.15) is 5.56 Å². The lowest BCUT2D eigenvalue weighted by atomic mass is 10.1. The van der Waals surface area contributed by atoms with E-state index in [1.165, 1.54) is 12.1 Å². The Labute approximate surface area is 166 Å². The van der Waals surface area contributed by atoms with Crippen molar-refractivity contribution in [3.8, 4) is 11.5 Å². The molecule has 0 atom stereocenters. The smallest absolute Gasteiger partial charge is 0.356 e. The highest BCUT2D eigenvalue weighted by Gasteiger charge is 2.13. The van der Waals surface area contributed by atoms with Gasteiger partial charge in [-0.05, 0) is 47.2 Å². The summed E-state index contributed by atoms with van der Waals surface area (Å²) in [6.45, 7) is 0.666. The second-order valence-corrected chi connectivity index (χ2v) is 5.97. The van der Waals surface area contributed by atoms with Gasteiger partial charge in [0.15, 0.2) is 5.71 Å². The average Bonchev–Trinajstić information content (AvgIpc) is 2.72. The van der Waals surface area contributed by atoms with E-state index in [-0.39, 0.29) is 5.71 Å². The van der Waals surface area contributed by atoms with E-state index in [1.54, 1.807) is 12.1 Å². The number of carbonyl (C=O) groups is 2. The highest BCUT2D eigenvalue weighted by molar-refractivity contribution is 6.42. The number of nitrogens with one attached hydrogen (secondary N) is 1. The van der Waals surface area contributed by atoms with E-state index in [2.05, 4.69) is 5.10 Å². The van der Waals surface area contributed by atoms with Crippen LogP contribution in [-0.4, -0.2) is 36.0 Å². The van der Waals surface area contributed by atoms with Gasteiger partial charge in [-0.15, -0.1) is 0 Å². The van der Waals surface area contributed by atoms with E-state index in [0.717, 1.165) is 16.5 Å². The first-order valence-electron chi connectivity index (χ1n) is 8.74. The van der Waals surface area contributed by atoms with Crippen LogP contribution in [0.3, 0.4) is 0 Å². The number of aliphatic carboxylic acids is 1. The summed E-state index contributed by atoms with van der Waals surface area (Å²) >= 11 is 0. The van der Waals surface area contributed by atoms with Crippen molar-refractivity contribution in [1.29, 1.82) is 0 Å². The number of amides is 2. The number of ether oxygens (including phenoxy) is 2. The summed E-state index contributed by atoms with van der Waals surface area (Å²) in [5, 5.41) is 14.9. The predicted molar refractivity (Wildman–Crippen MR) is 108 cm³/mol. The summed E-state index contributed by atoms with van der Waals surface area (Å²) in [5.74, 6) is 0.00609. The molecule has 29 heavy (non-hydrogen) atoms. The van der Waals surface area contributed by atoms with Crippen LogP contribution in [-0.2, 0) is 4.79 Å². The normalized spacial score (nSPS) is 11.1. The van der Waals surface area contributed by atoms with Gasteiger partial charge in [0.1, 0.15) is 24.7 Å². The Morgan fingerprint density at radius 3 is 2.17 bits per heavy atom. The number of benzene rings is 3. The molecule has 0 aliphatic heterocycles. The highest BCUT2D eigenvalue weighted by Crippen LogP contribution is 2.20. The number of nitrogens with zero attached hydrogens (tertiary/aromatic N) is 1. The van der Waals surface area contributed by atoms with Crippen LogP contribution in [0, 0.1) is 0 Å². The van der Waals surface area contributed by atoms with Crippen molar-refractivity contribution in [2.24, 2.45) is 10.8 Å². The van der Waals surface area contributed by atoms with Crippen LogP contribution in [0.25, 0.3) is 10.8 Å². The summed E-state index contributed by atoms with van der Waals surface area (Å²) in [7, 11) is 0. The molecule has 0 unspecified atom stereocenters. The zero-order valence-electron chi connectivity index (χ0n) is 15.4. The number of carbonyl (C=O) groups excluding carboxylic acids is 1. The monoisotopic (exact) mass is 393 g/mol. The minimum absolute atomic E-state index is 0.297. The first-order valence-corrected chi connectivity index (χ1v) is 8.74. The number of hydrogen-bond donors (Lipinski definition) is 3. The zero-order chi connectivity index (χ0) is 20.6. The Hall–Kier alpha value is -4.07. The standard InChI is InChI=1S/C21H19N3O5/c22-21(27)24-23-19(20(25)26)15-6-8-17(9-7-15)28-11-12-29-18-10-5-14-3-1-2-4-16(14)13-18/h1-10,13H,11-12H2,(H,25,26)(H3,22,24,27)/b23-19+. The van der Waals surface area contributed by atoms with Gasteiger partial charge in [-0.1, -0.05) is 30.3 Å². The maximum Gasteiger partial charge on any atom is 0.356 e. The van der Waals surface area contributed by atoms with Crippen molar-refractivity contribution in [2.45, 2.75) is 0 Å². The molecule has 3 aromatic carbocycles. The lowest BCUT2D eigenvalue weighted by Gasteiger charge is -2.10. The number of carboxylic acids is 1. The second-order valence-electron chi connectivity index (χ2n) is 5.97. The van der Waals surface area contributed by atoms with Gasteiger partial charge in [-0.2, -0.15) is 5.10 Å². The minimum Gasteiger partial charge on any atom is -0.490 e. The van der Waals surface area contributed by atoms with Gasteiger partial charge in [-0.25, -0.2) is 15.0 Å². The third-order valence-corrected chi connectivity index (χ3v) is 3.95. The molecule has 0 fully saturated rings. The van der Waals surface area contributed by atoms with Crippen molar-refractivity contribution in [1.82, 2.24) is 5.43 Å². The van der Waals surface area contributed by atoms with E-state index in [9.17, 15) is 14.7 Å². The van der Waals surface area contributed by atoms with E-state index in [4.69, 9.17) is 15.2 Å².